The first kappa shape index (κ1) is 15.0. The van der Waals surface area contributed by atoms with E-state index in [1.54, 1.807) is 13.4 Å². The zero-order valence-electron chi connectivity index (χ0n) is 13.1. The molecule has 116 valence electrons. The smallest absolute Gasteiger partial charge is 0.156 e. The summed E-state index contributed by atoms with van der Waals surface area (Å²) in [6, 6.07) is 18.3. The van der Waals surface area contributed by atoms with Gasteiger partial charge < -0.3 is 9.30 Å². The zero-order chi connectivity index (χ0) is 15.9. The second-order valence-electron chi connectivity index (χ2n) is 5.22. The molecule has 0 saturated heterocycles. The summed E-state index contributed by atoms with van der Waals surface area (Å²) >= 11 is 0. The topological polar surface area (TPSA) is 39.9 Å². The number of benzene rings is 2. The Bertz CT molecular complexity index is 761. The fourth-order valence-electron chi connectivity index (χ4n) is 2.34. The molecule has 0 atom stereocenters. The highest BCUT2D eigenvalue weighted by atomic mass is 16.5. The van der Waals surface area contributed by atoms with Crippen molar-refractivity contribution in [3.8, 4) is 5.75 Å². The number of rotatable bonds is 6. The molecule has 0 aliphatic heterocycles. The molecule has 2 aromatic carbocycles. The van der Waals surface area contributed by atoms with E-state index in [-0.39, 0.29) is 0 Å². The lowest BCUT2D eigenvalue weighted by Crippen LogP contribution is -2.02. The van der Waals surface area contributed by atoms with Crippen LogP contribution in [-0.2, 0) is 13.0 Å². The van der Waals surface area contributed by atoms with Crippen LogP contribution in [0.1, 0.15) is 17.0 Å². The quantitative estimate of drug-likeness (QED) is 0.697. The fraction of sp³-hybridized carbons (Fsp3) is 0.158. The average molecular weight is 305 g/mol. The lowest BCUT2D eigenvalue weighted by Gasteiger charge is -2.05. The number of ether oxygens (including phenoxy) is 1. The molecule has 1 heterocycles. The average Bonchev–Trinajstić information content (AvgIpc) is 3.07. The van der Waals surface area contributed by atoms with Gasteiger partial charge in [0, 0.05) is 6.54 Å². The molecule has 0 N–H and O–H groups in total. The standard InChI is InChI=1S/C19H19N3O/c1-23-18-10-7-17(8-11-18)13-14-22-15-20-21-19(22)12-9-16-5-3-2-4-6-16/h2-12,15H,13-14H2,1H3/b12-9+. The van der Waals surface area contributed by atoms with Crippen molar-refractivity contribution in [1.82, 2.24) is 14.8 Å². The summed E-state index contributed by atoms with van der Waals surface area (Å²) in [6.07, 6.45) is 6.74. The molecule has 1 aromatic heterocycles. The van der Waals surface area contributed by atoms with Crippen LogP contribution in [0.15, 0.2) is 60.9 Å². The first-order valence-corrected chi connectivity index (χ1v) is 7.59. The van der Waals surface area contributed by atoms with Gasteiger partial charge in [0.2, 0.25) is 0 Å². The van der Waals surface area contributed by atoms with Crippen molar-refractivity contribution >= 4 is 12.2 Å². The van der Waals surface area contributed by atoms with Crippen molar-refractivity contribution in [2.45, 2.75) is 13.0 Å². The van der Waals surface area contributed by atoms with E-state index >= 15 is 0 Å². The monoisotopic (exact) mass is 305 g/mol. The largest absolute Gasteiger partial charge is 0.497 e. The van der Waals surface area contributed by atoms with Crippen molar-refractivity contribution in [3.05, 3.63) is 77.9 Å². The fourth-order valence-corrected chi connectivity index (χ4v) is 2.34. The van der Waals surface area contributed by atoms with Gasteiger partial charge in [0.05, 0.1) is 7.11 Å². The summed E-state index contributed by atoms with van der Waals surface area (Å²) in [5.41, 5.74) is 2.41. The molecular weight excluding hydrogens is 286 g/mol. The molecule has 0 unspecified atom stereocenters. The van der Waals surface area contributed by atoms with Gasteiger partial charge in [-0.25, -0.2) is 0 Å². The Hall–Kier alpha value is -2.88. The highest BCUT2D eigenvalue weighted by Crippen LogP contribution is 2.13. The summed E-state index contributed by atoms with van der Waals surface area (Å²) in [5, 5.41) is 8.19. The van der Waals surface area contributed by atoms with Crippen molar-refractivity contribution in [2.75, 3.05) is 7.11 Å². The van der Waals surface area contributed by atoms with Crippen LogP contribution >= 0.6 is 0 Å². The van der Waals surface area contributed by atoms with E-state index in [0.29, 0.717) is 0 Å². The van der Waals surface area contributed by atoms with Gasteiger partial charge in [0.25, 0.3) is 0 Å². The maximum Gasteiger partial charge on any atom is 0.156 e. The van der Waals surface area contributed by atoms with E-state index in [9.17, 15) is 0 Å². The van der Waals surface area contributed by atoms with Gasteiger partial charge in [0.1, 0.15) is 12.1 Å². The lowest BCUT2D eigenvalue weighted by atomic mass is 10.1. The van der Waals surface area contributed by atoms with Crippen LogP contribution < -0.4 is 4.74 Å². The van der Waals surface area contributed by atoms with Crippen LogP contribution in [0.2, 0.25) is 0 Å². The van der Waals surface area contributed by atoms with Crippen LogP contribution in [0.25, 0.3) is 12.2 Å². The minimum atomic E-state index is 0.841. The van der Waals surface area contributed by atoms with Gasteiger partial charge in [-0.3, -0.25) is 0 Å². The molecule has 0 radical (unpaired) electrons. The molecule has 23 heavy (non-hydrogen) atoms. The summed E-state index contributed by atoms with van der Waals surface area (Å²) in [6.45, 7) is 0.841. The number of methoxy groups -OCH3 is 1. The van der Waals surface area contributed by atoms with E-state index in [1.165, 1.54) is 5.56 Å². The Morgan fingerprint density at radius 2 is 1.78 bits per heavy atom. The van der Waals surface area contributed by atoms with Crippen LogP contribution in [0.3, 0.4) is 0 Å². The second-order valence-corrected chi connectivity index (χ2v) is 5.22. The Balaban J connectivity index is 1.65. The molecule has 4 heteroatoms. The third-order valence-corrected chi connectivity index (χ3v) is 3.67. The molecule has 0 saturated carbocycles. The Morgan fingerprint density at radius 3 is 2.52 bits per heavy atom. The molecule has 0 bridgehead atoms. The van der Waals surface area contributed by atoms with Crippen molar-refractivity contribution in [3.63, 3.8) is 0 Å². The molecule has 0 amide bonds. The van der Waals surface area contributed by atoms with Gasteiger partial charge >= 0.3 is 0 Å². The molecule has 3 aromatic rings. The van der Waals surface area contributed by atoms with E-state index in [1.807, 2.05) is 42.5 Å². The SMILES string of the molecule is COc1ccc(CCn2cnnc2/C=C/c2ccccc2)cc1. The van der Waals surface area contributed by atoms with Gasteiger partial charge in [0.15, 0.2) is 5.82 Å². The minimum Gasteiger partial charge on any atom is -0.497 e. The number of hydrogen-bond acceptors (Lipinski definition) is 3. The van der Waals surface area contributed by atoms with Crippen molar-refractivity contribution < 1.29 is 4.74 Å². The van der Waals surface area contributed by atoms with Crippen LogP contribution in [0.4, 0.5) is 0 Å². The molecule has 3 rings (SSSR count). The van der Waals surface area contributed by atoms with Gasteiger partial charge in [-0.2, -0.15) is 0 Å². The maximum absolute atomic E-state index is 5.18. The molecule has 4 nitrogen and oxygen atoms in total. The van der Waals surface area contributed by atoms with Gasteiger partial charge in [-0.15, -0.1) is 10.2 Å². The van der Waals surface area contributed by atoms with Crippen LogP contribution in [0.5, 0.6) is 5.75 Å². The molecule has 0 spiro atoms. The lowest BCUT2D eigenvalue weighted by molar-refractivity contribution is 0.414. The third kappa shape index (κ3) is 4.07. The first-order valence-electron chi connectivity index (χ1n) is 7.59. The predicted molar refractivity (Wildman–Crippen MR) is 92.1 cm³/mol. The summed E-state index contributed by atoms with van der Waals surface area (Å²) in [5.74, 6) is 1.74. The van der Waals surface area contributed by atoms with Crippen LogP contribution in [0, 0.1) is 0 Å². The minimum absolute atomic E-state index is 0.841. The Labute approximate surface area is 136 Å². The van der Waals surface area contributed by atoms with E-state index in [0.717, 1.165) is 30.1 Å². The molecular formula is C19H19N3O. The predicted octanol–water partition coefficient (Wildman–Crippen LogP) is 3.70. The van der Waals surface area contributed by atoms with Crippen molar-refractivity contribution in [1.29, 1.82) is 0 Å². The number of hydrogen-bond donors (Lipinski definition) is 0. The van der Waals surface area contributed by atoms with Gasteiger partial charge in [-0.1, -0.05) is 48.5 Å². The summed E-state index contributed by atoms with van der Waals surface area (Å²) in [7, 11) is 1.68. The van der Waals surface area contributed by atoms with Gasteiger partial charge in [-0.05, 0) is 35.8 Å². The Morgan fingerprint density at radius 1 is 1.00 bits per heavy atom. The van der Waals surface area contributed by atoms with E-state index in [4.69, 9.17) is 4.74 Å². The second kappa shape index (κ2) is 7.40. The number of nitrogens with zero attached hydrogens (tertiary/aromatic N) is 3. The zero-order valence-corrected chi connectivity index (χ0v) is 13.1. The third-order valence-electron chi connectivity index (χ3n) is 3.67. The number of aryl methyl sites for hydroxylation is 2. The van der Waals surface area contributed by atoms with E-state index < -0.39 is 0 Å². The van der Waals surface area contributed by atoms with Crippen molar-refractivity contribution in [2.24, 2.45) is 0 Å². The normalized spacial score (nSPS) is 11.0. The summed E-state index contributed by atoms with van der Waals surface area (Å²) in [4.78, 5) is 0. The maximum atomic E-state index is 5.18. The molecule has 0 aliphatic carbocycles. The molecule has 0 fully saturated rings. The van der Waals surface area contributed by atoms with E-state index in [2.05, 4.69) is 39.0 Å². The van der Waals surface area contributed by atoms with Crippen LogP contribution in [-0.4, -0.2) is 21.9 Å². The Kier molecular flexibility index (Phi) is 4.84. The highest BCUT2D eigenvalue weighted by Gasteiger charge is 2.01. The molecule has 0 aliphatic rings. The number of aromatic nitrogens is 3. The summed E-state index contributed by atoms with van der Waals surface area (Å²) < 4.78 is 7.24. The first-order chi connectivity index (χ1) is 11.3. The highest BCUT2D eigenvalue weighted by molar-refractivity contribution is 5.66.